The number of hydrogen-bond donors (Lipinski definition) is 1. The fourth-order valence-corrected chi connectivity index (χ4v) is 3.09. The number of esters is 1. The summed E-state index contributed by atoms with van der Waals surface area (Å²) in [7, 11) is 0. The number of carbonyl (C=O) groups is 1. The molecule has 2 rings (SSSR count). The van der Waals surface area contributed by atoms with Gasteiger partial charge in [-0.15, -0.1) is 11.3 Å². The molecule has 0 fully saturated rings. The zero-order valence-electron chi connectivity index (χ0n) is 11.6. The number of nitrogen functional groups attached to an aromatic ring is 1. The van der Waals surface area contributed by atoms with Gasteiger partial charge in [-0.05, 0) is 31.9 Å². The van der Waals surface area contributed by atoms with Crippen molar-refractivity contribution in [1.29, 1.82) is 0 Å². The van der Waals surface area contributed by atoms with E-state index in [2.05, 4.69) is 0 Å². The van der Waals surface area contributed by atoms with E-state index in [4.69, 9.17) is 10.5 Å². The van der Waals surface area contributed by atoms with Crippen molar-refractivity contribution >= 4 is 23.0 Å². The monoisotopic (exact) mass is 293 g/mol. The Balaban J connectivity index is 2.56. The number of anilines is 1. The van der Waals surface area contributed by atoms with Gasteiger partial charge in [-0.1, -0.05) is 18.2 Å². The number of aryl methyl sites for hydroxylation is 1. The van der Waals surface area contributed by atoms with Crippen LogP contribution in [-0.4, -0.2) is 12.6 Å². The highest BCUT2D eigenvalue weighted by Gasteiger charge is 2.22. The first-order valence-corrected chi connectivity index (χ1v) is 7.10. The van der Waals surface area contributed by atoms with Crippen molar-refractivity contribution in [3.8, 4) is 10.4 Å². The predicted octanol–water partition coefficient (Wildman–Crippen LogP) is 3.93. The number of rotatable bonds is 3. The van der Waals surface area contributed by atoms with Gasteiger partial charge in [0.05, 0.1) is 12.3 Å². The van der Waals surface area contributed by atoms with E-state index >= 15 is 0 Å². The Morgan fingerprint density at radius 2 is 2.10 bits per heavy atom. The number of hydrogen-bond acceptors (Lipinski definition) is 4. The standard InChI is InChI=1S/C15H16FNO2S/c1-4-19-15(18)14-12(17)9(3)13(20-14)10-7-5-6-8(2)11(10)16/h5-7H,4,17H2,1-3H3. The highest BCUT2D eigenvalue weighted by Crippen LogP contribution is 2.39. The van der Waals surface area contributed by atoms with Gasteiger partial charge in [0.15, 0.2) is 0 Å². The molecule has 0 saturated carbocycles. The highest BCUT2D eigenvalue weighted by molar-refractivity contribution is 7.18. The SMILES string of the molecule is CCOC(=O)c1sc(-c2cccc(C)c2F)c(C)c1N. The lowest BCUT2D eigenvalue weighted by atomic mass is 10.1. The van der Waals surface area contributed by atoms with Crippen molar-refractivity contribution in [2.24, 2.45) is 0 Å². The number of carbonyl (C=O) groups excluding carboxylic acids is 1. The van der Waals surface area contributed by atoms with E-state index in [1.54, 1.807) is 39.0 Å². The van der Waals surface area contributed by atoms with Crippen molar-refractivity contribution < 1.29 is 13.9 Å². The van der Waals surface area contributed by atoms with E-state index in [-0.39, 0.29) is 12.4 Å². The Hall–Kier alpha value is -1.88. The van der Waals surface area contributed by atoms with E-state index in [9.17, 15) is 9.18 Å². The van der Waals surface area contributed by atoms with Crippen LogP contribution in [0.4, 0.5) is 10.1 Å². The van der Waals surface area contributed by atoms with Crippen LogP contribution in [0.25, 0.3) is 10.4 Å². The largest absolute Gasteiger partial charge is 0.462 e. The van der Waals surface area contributed by atoms with Crippen LogP contribution >= 0.6 is 11.3 Å². The minimum absolute atomic E-state index is 0.281. The second-order valence-electron chi connectivity index (χ2n) is 4.46. The van der Waals surface area contributed by atoms with Gasteiger partial charge in [0.25, 0.3) is 0 Å². The molecule has 0 bridgehead atoms. The predicted molar refractivity (Wildman–Crippen MR) is 79.6 cm³/mol. The van der Waals surface area contributed by atoms with Gasteiger partial charge in [-0.2, -0.15) is 0 Å². The molecule has 1 heterocycles. The van der Waals surface area contributed by atoms with Gasteiger partial charge in [0, 0.05) is 10.4 Å². The van der Waals surface area contributed by atoms with Crippen molar-refractivity contribution in [3.05, 3.63) is 40.0 Å². The van der Waals surface area contributed by atoms with Crippen molar-refractivity contribution in [1.82, 2.24) is 0 Å². The third-order valence-electron chi connectivity index (χ3n) is 3.09. The molecule has 3 nitrogen and oxygen atoms in total. The van der Waals surface area contributed by atoms with Gasteiger partial charge < -0.3 is 10.5 Å². The molecule has 0 saturated heterocycles. The molecule has 0 aliphatic carbocycles. The molecule has 0 atom stereocenters. The zero-order chi connectivity index (χ0) is 14.9. The Labute approximate surface area is 121 Å². The van der Waals surface area contributed by atoms with E-state index < -0.39 is 5.97 Å². The smallest absolute Gasteiger partial charge is 0.350 e. The van der Waals surface area contributed by atoms with Crippen LogP contribution < -0.4 is 5.73 Å². The lowest BCUT2D eigenvalue weighted by Crippen LogP contribution is -2.05. The van der Waals surface area contributed by atoms with Crippen molar-refractivity contribution in [3.63, 3.8) is 0 Å². The molecular formula is C15H16FNO2S. The average Bonchev–Trinajstić information content (AvgIpc) is 2.70. The van der Waals surface area contributed by atoms with Gasteiger partial charge >= 0.3 is 5.97 Å². The first kappa shape index (κ1) is 14.5. The number of benzene rings is 1. The summed E-state index contributed by atoms with van der Waals surface area (Å²) in [6, 6.07) is 5.18. The fourth-order valence-electron chi connectivity index (χ4n) is 1.95. The molecule has 0 spiro atoms. The number of nitrogens with two attached hydrogens (primary N) is 1. The lowest BCUT2D eigenvalue weighted by molar-refractivity contribution is 0.0533. The van der Waals surface area contributed by atoms with Crippen LogP contribution in [0.1, 0.15) is 27.7 Å². The third-order valence-corrected chi connectivity index (χ3v) is 4.41. The van der Waals surface area contributed by atoms with Crippen LogP contribution in [-0.2, 0) is 4.74 Å². The second kappa shape index (κ2) is 5.63. The molecule has 106 valence electrons. The summed E-state index contributed by atoms with van der Waals surface area (Å²) in [5.74, 6) is -0.746. The maximum absolute atomic E-state index is 14.2. The van der Waals surface area contributed by atoms with E-state index in [0.29, 0.717) is 32.1 Å². The van der Waals surface area contributed by atoms with Crippen LogP contribution in [0, 0.1) is 19.7 Å². The van der Waals surface area contributed by atoms with Crippen molar-refractivity contribution in [2.45, 2.75) is 20.8 Å². The molecule has 0 unspecified atom stereocenters. The summed E-state index contributed by atoms with van der Waals surface area (Å²) < 4.78 is 19.2. The molecule has 2 aromatic rings. The lowest BCUT2D eigenvalue weighted by Gasteiger charge is -2.04. The maximum Gasteiger partial charge on any atom is 0.350 e. The summed E-state index contributed by atoms with van der Waals surface area (Å²) in [5, 5.41) is 0. The number of thiophene rings is 1. The van der Waals surface area contributed by atoms with Gasteiger partial charge in [0.1, 0.15) is 10.7 Å². The molecule has 1 aromatic heterocycles. The van der Waals surface area contributed by atoms with E-state index in [1.807, 2.05) is 0 Å². The van der Waals surface area contributed by atoms with Gasteiger partial charge in [-0.3, -0.25) is 0 Å². The summed E-state index contributed by atoms with van der Waals surface area (Å²) >= 11 is 1.17. The molecule has 0 aliphatic heterocycles. The van der Waals surface area contributed by atoms with Crippen LogP contribution in [0.5, 0.6) is 0 Å². The highest BCUT2D eigenvalue weighted by atomic mass is 32.1. The number of ether oxygens (including phenoxy) is 1. The summed E-state index contributed by atoms with van der Waals surface area (Å²) in [6.07, 6.45) is 0. The Morgan fingerprint density at radius 3 is 2.75 bits per heavy atom. The van der Waals surface area contributed by atoms with Crippen LogP contribution in [0.15, 0.2) is 18.2 Å². The quantitative estimate of drug-likeness (QED) is 0.872. The van der Waals surface area contributed by atoms with E-state index in [1.165, 1.54) is 11.3 Å². The first-order chi connectivity index (χ1) is 9.47. The van der Waals surface area contributed by atoms with Gasteiger partial charge in [-0.25, -0.2) is 9.18 Å². The summed E-state index contributed by atoms with van der Waals surface area (Å²) in [6.45, 7) is 5.50. The molecule has 20 heavy (non-hydrogen) atoms. The molecule has 0 aliphatic rings. The third kappa shape index (κ3) is 2.41. The van der Waals surface area contributed by atoms with E-state index in [0.717, 1.165) is 0 Å². The normalized spacial score (nSPS) is 10.6. The Kier molecular flexibility index (Phi) is 4.09. The fraction of sp³-hybridized carbons (Fsp3) is 0.267. The minimum atomic E-state index is -0.461. The Bertz CT molecular complexity index is 664. The maximum atomic E-state index is 14.2. The molecule has 2 N–H and O–H groups in total. The Morgan fingerprint density at radius 1 is 1.40 bits per heavy atom. The molecule has 5 heteroatoms. The molecular weight excluding hydrogens is 277 g/mol. The van der Waals surface area contributed by atoms with Crippen LogP contribution in [0.3, 0.4) is 0 Å². The van der Waals surface area contributed by atoms with Crippen molar-refractivity contribution in [2.75, 3.05) is 12.3 Å². The number of halogens is 1. The average molecular weight is 293 g/mol. The molecule has 1 aromatic carbocycles. The summed E-state index contributed by atoms with van der Waals surface area (Å²) in [5.41, 5.74) is 8.05. The second-order valence-corrected chi connectivity index (χ2v) is 5.48. The first-order valence-electron chi connectivity index (χ1n) is 6.28. The molecule has 0 radical (unpaired) electrons. The zero-order valence-corrected chi connectivity index (χ0v) is 12.4. The van der Waals surface area contributed by atoms with Gasteiger partial charge in [0.2, 0.25) is 0 Å². The topological polar surface area (TPSA) is 52.3 Å². The van der Waals surface area contributed by atoms with Crippen LogP contribution in [0.2, 0.25) is 0 Å². The minimum Gasteiger partial charge on any atom is -0.462 e. The summed E-state index contributed by atoms with van der Waals surface area (Å²) in [4.78, 5) is 12.8. The molecule has 0 amide bonds.